The molecule has 0 bridgehead atoms. The highest BCUT2D eigenvalue weighted by Gasteiger charge is 2.20. The van der Waals surface area contributed by atoms with Crippen LogP contribution in [0.25, 0.3) is 11.0 Å². The Bertz CT molecular complexity index is 714. The molecule has 0 atom stereocenters. The quantitative estimate of drug-likeness (QED) is 0.837. The van der Waals surface area contributed by atoms with E-state index in [0.717, 1.165) is 17.1 Å². The highest BCUT2D eigenvalue weighted by Crippen LogP contribution is 2.27. The monoisotopic (exact) mass is 337 g/mol. The number of carbonyl (C=O) groups excluding carboxylic acids is 2. The van der Waals surface area contributed by atoms with Crippen LogP contribution in [0.3, 0.4) is 0 Å². The van der Waals surface area contributed by atoms with Gasteiger partial charge in [0.1, 0.15) is 0 Å². The number of aromatic nitrogens is 2. The Morgan fingerprint density at radius 3 is 2.78 bits per heavy atom. The summed E-state index contributed by atoms with van der Waals surface area (Å²) in [4.78, 5) is 29.0. The van der Waals surface area contributed by atoms with Gasteiger partial charge in [-0.15, -0.1) is 11.8 Å². The number of carbonyl (C=O) groups is 2. The Morgan fingerprint density at radius 1 is 1.35 bits per heavy atom. The minimum absolute atomic E-state index is 0.0722. The van der Waals surface area contributed by atoms with Crippen molar-refractivity contribution in [2.75, 3.05) is 24.8 Å². The summed E-state index contributed by atoms with van der Waals surface area (Å²) in [5.41, 5.74) is 1.17. The van der Waals surface area contributed by atoms with Crippen LogP contribution in [-0.2, 0) is 9.47 Å². The maximum atomic E-state index is 12.2. The summed E-state index contributed by atoms with van der Waals surface area (Å²) in [6.45, 7) is 4.04. The highest BCUT2D eigenvalue weighted by molar-refractivity contribution is 7.99. The maximum Gasteiger partial charge on any atom is 0.421 e. The van der Waals surface area contributed by atoms with Gasteiger partial charge in [-0.05, 0) is 37.3 Å². The molecule has 2 aromatic rings. The largest absolute Gasteiger partial charge is 0.453 e. The van der Waals surface area contributed by atoms with Gasteiger partial charge in [0.2, 0.25) is 5.95 Å². The Balaban J connectivity index is 2.49. The molecule has 0 fully saturated rings. The normalized spacial score (nSPS) is 10.6. The van der Waals surface area contributed by atoms with Crippen LogP contribution in [0.4, 0.5) is 15.5 Å². The predicted octanol–water partition coefficient (Wildman–Crippen LogP) is 3.72. The smallest absolute Gasteiger partial charge is 0.421 e. The third-order valence-electron chi connectivity index (χ3n) is 2.95. The van der Waals surface area contributed by atoms with Gasteiger partial charge in [-0.1, -0.05) is 6.92 Å². The zero-order valence-corrected chi connectivity index (χ0v) is 14.1. The number of nitrogens with one attached hydrogen (secondary N) is 1. The molecule has 0 saturated carbocycles. The molecule has 0 unspecified atom stereocenters. The molecule has 0 radical (unpaired) electrons. The summed E-state index contributed by atoms with van der Waals surface area (Å²) in [6, 6.07) is 5.61. The van der Waals surface area contributed by atoms with Crippen LogP contribution in [0.5, 0.6) is 0 Å². The number of amides is 1. The lowest BCUT2D eigenvalue weighted by Gasteiger charge is -2.08. The van der Waals surface area contributed by atoms with E-state index in [1.165, 1.54) is 11.7 Å². The molecular formula is C15H19N3O4S. The molecule has 2 rings (SSSR count). The van der Waals surface area contributed by atoms with Gasteiger partial charge >= 0.3 is 12.2 Å². The number of ether oxygens (including phenoxy) is 2. The lowest BCUT2D eigenvalue weighted by Crippen LogP contribution is -2.20. The first-order chi connectivity index (χ1) is 11.1. The summed E-state index contributed by atoms with van der Waals surface area (Å²) >= 11 is 1.69. The van der Waals surface area contributed by atoms with Crippen LogP contribution in [0.2, 0.25) is 0 Å². The van der Waals surface area contributed by atoms with Crippen molar-refractivity contribution in [1.82, 2.24) is 9.55 Å². The van der Waals surface area contributed by atoms with Crippen molar-refractivity contribution in [1.29, 1.82) is 0 Å². The van der Waals surface area contributed by atoms with Gasteiger partial charge in [0.15, 0.2) is 0 Å². The van der Waals surface area contributed by atoms with E-state index in [1.54, 1.807) is 18.7 Å². The van der Waals surface area contributed by atoms with Crippen molar-refractivity contribution in [3.63, 3.8) is 0 Å². The number of hydrogen-bond donors (Lipinski definition) is 1. The van der Waals surface area contributed by atoms with Crippen LogP contribution >= 0.6 is 11.8 Å². The molecule has 0 aliphatic rings. The van der Waals surface area contributed by atoms with E-state index in [4.69, 9.17) is 4.74 Å². The topological polar surface area (TPSA) is 82.5 Å². The average molecular weight is 337 g/mol. The molecule has 23 heavy (non-hydrogen) atoms. The second-order valence-corrected chi connectivity index (χ2v) is 5.75. The van der Waals surface area contributed by atoms with Gasteiger partial charge in [-0.3, -0.25) is 5.32 Å². The fourth-order valence-corrected chi connectivity index (χ4v) is 2.76. The van der Waals surface area contributed by atoms with Gasteiger partial charge in [-0.25, -0.2) is 19.1 Å². The molecule has 8 heteroatoms. The van der Waals surface area contributed by atoms with Crippen LogP contribution in [-0.4, -0.2) is 41.2 Å². The van der Waals surface area contributed by atoms with Crippen molar-refractivity contribution < 1.29 is 19.1 Å². The number of thioether (sulfide) groups is 1. The van der Waals surface area contributed by atoms with Crippen molar-refractivity contribution in [3.05, 3.63) is 18.2 Å². The van der Waals surface area contributed by atoms with Crippen molar-refractivity contribution >= 4 is 40.9 Å². The Kier molecular flexibility index (Phi) is 5.86. The van der Waals surface area contributed by atoms with Crippen LogP contribution in [0, 0.1) is 0 Å². The Hall–Kier alpha value is -2.22. The molecule has 124 valence electrons. The minimum atomic E-state index is -0.702. The van der Waals surface area contributed by atoms with Gasteiger partial charge in [0.05, 0.1) is 24.8 Å². The minimum Gasteiger partial charge on any atom is -0.453 e. The molecule has 1 N–H and O–H groups in total. The maximum absolute atomic E-state index is 12.2. The second-order valence-electron chi connectivity index (χ2n) is 4.59. The number of methoxy groups -OCH3 is 1. The molecular weight excluding hydrogens is 318 g/mol. The third kappa shape index (κ3) is 3.95. The molecule has 0 aliphatic heterocycles. The summed E-state index contributed by atoms with van der Waals surface area (Å²) in [7, 11) is 1.24. The number of imidazole rings is 1. The van der Waals surface area contributed by atoms with Crippen molar-refractivity contribution in [2.24, 2.45) is 0 Å². The van der Waals surface area contributed by atoms with E-state index in [9.17, 15) is 9.59 Å². The lowest BCUT2D eigenvalue weighted by atomic mass is 10.3. The number of benzene rings is 1. The predicted molar refractivity (Wildman–Crippen MR) is 89.2 cm³/mol. The lowest BCUT2D eigenvalue weighted by molar-refractivity contribution is 0.155. The SMILES string of the molecule is CCCSc1ccc2nc(NC(=O)OC)n(C(=O)OCC)c2c1. The zero-order valence-electron chi connectivity index (χ0n) is 13.3. The van der Waals surface area contributed by atoms with Crippen LogP contribution in [0.1, 0.15) is 20.3 Å². The molecule has 1 aromatic carbocycles. The molecule has 1 amide bonds. The highest BCUT2D eigenvalue weighted by atomic mass is 32.2. The molecule has 0 spiro atoms. The van der Waals surface area contributed by atoms with Gasteiger partial charge in [-0.2, -0.15) is 0 Å². The Labute approximate surface area is 138 Å². The summed E-state index contributed by atoms with van der Waals surface area (Å²) in [6.07, 6.45) is -0.250. The number of hydrogen-bond acceptors (Lipinski definition) is 6. The second kappa shape index (κ2) is 7.87. The molecule has 1 heterocycles. The Morgan fingerprint density at radius 2 is 2.13 bits per heavy atom. The first-order valence-corrected chi connectivity index (χ1v) is 8.26. The fraction of sp³-hybridized carbons (Fsp3) is 0.400. The van der Waals surface area contributed by atoms with Crippen molar-refractivity contribution in [3.8, 4) is 0 Å². The van der Waals surface area contributed by atoms with E-state index in [2.05, 4.69) is 22.0 Å². The summed E-state index contributed by atoms with van der Waals surface area (Å²) in [5, 5.41) is 2.43. The van der Waals surface area contributed by atoms with Gasteiger partial charge in [0, 0.05) is 4.90 Å². The van der Waals surface area contributed by atoms with Crippen LogP contribution in [0.15, 0.2) is 23.1 Å². The standard InChI is InChI=1S/C15H19N3O4S/c1-4-8-23-10-6-7-11-12(9-10)18(15(20)22-5-2)13(16-11)17-14(19)21-3/h6-7,9H,4-5,8H2,1-3H3,(H,16,17,19). The third-order valence-corrected chi connectivity index (χ3v) is 4.15. The number of anilines is 1. The zero-order chi connectivity index (χ0) is 16.8. The van der Waals surface area contributed by atoms with Crippen molar-refractivity contribution in [2.45, 2.75) is 25.2 Å². The summed E-state index contributed by atoms with van der Waals surface area (Å²) in [5.74, 6) is 1.05. The average Bonchev–Trinajstić information content (AvgIpc) is 2.89. The number of fused-ring (bicyclic) bond motifs is 1. The van der Waals surface area contributed by atoms with E-state index >= 15 is 0 Å². The van der Waals surface area contributed by atoms with Gasteiger partial charge in [0.25, 0.3) is 0 Å². The van der Waals surface area contributed by atoms with E-state index in [1.807, 2.05) is 18.2 Å². The molecule has 0 saturated heterocycles. The summed E-state index contributed by atoms with van der Waals surface area (Å²) < 4.78 is 10.9. The van der Waals surface area contributed by atoms with E-state index < -0.39 is 12.2 Å². The van der Waals surface area contributed by atoms with E-state index in [-0.39, 0.29) is 12.6 Å². The van der Waals surface area contributed by atoms with Crippen LogP contribution < -0.4 is 5.32 Å². The fourth-order valence-electron chi connectivity index (χ4n) is 1.96. The first kappa shape index (κ1) is 17.1. The number of rotatable bonds is 5. The van der Waals surface area contributed by atoms with E-state index in [0.29, 0.717) is 11.0 Å². The number of nitrogens with zero attached hydrogens (tertiary/aromatic N) is 2. The first-order valence-electron chi connectivity index (χ1n) is 7.28. The van der Waals surface area contributed by atoms with Gasteiger partial charge < -0.3 is 9.47 Å². The molecule has 0 aliphatic carbocycles. The molecule has 7 nitrogen and oxygen atoms in total. The molecule has 1 aromatic heterocycles.